The Kier molecular flexibility index (Phi) is 9.62. The molecule has 5 unspecified atom stereocenters. The maximum Gasteiger partial charge on any atom is 0.0731 e. The predicted molar refractivity (Wildman–Crippen MR) is 95.8 cm³/mol. The summed E-state index contributed by atoms with van der Waals surface area (Å²) in [5.74, 6) is 1.42. The van der Waals surface area contributed by atoms with Crippen molar-refractivity contribution in [1.82, 2.24) is 0 Å². The number of ether oxygens (including phenoxy) is 1. The SMILES string of the molecule is CCCCC(CC)CCC(OC1CCC(N)CC1N)C(C)C. The lowest BCUT2D eigenvalue weighted by atomic mass is 9.88. The number of hydrogen-bond donors (Lipinski definition) is 2. The van der Waals surface area contributed by atoms with E-state index < -0.39 is 0 Å². The van der Waals surface area contributed by atoms with Crippen LogP contribution in [0.3, 0.4) is 0 Å². The van der Waals surface area contributed by atoms with Gasteiger partial charge in [-0.2, -0.15) is 0 Å². The first-order valence-electron chi connectivity index (χ1n) is 9.64. The smallest absolute Gasteiger partial charge is 0.0731 e. The Morgan fingerprint density at radius 1 is 1.05 bits per heavy atom. The van der Waals surface area contributed by atoms with Crippen molar-refractivity contribution < 1.29 is 4.74 Å². The molecule has 1 rings (SSSR count). The van der Waals surface area contributed by atoms with Crippen molar-refractivity contribution in [2.75, 3.05) is 0 Å². The summed E-state index contributed by atoms with van der Waals surface area (Å²) in [5, 5.41) is 0. The van der Waals surface area contributed by atoms with Crippen LogP contribution in [0.25, 0.3) is 0 Å². The molecule has 0 radical (unpaired) electrons. The highest BCUT2D eigenvalue weighted by Crippen LogP contribution is 2.27. The highest BCUT2D eigenvalue weighted by atomic mass is 16.5. The summed E-state index contributed by atoms with van der Waals surface area (Å²) in [5.41, 5.74) is 12.3. The molecule has 0 spiro atoms. The zero-order chi connectivity index (χ0) is 16.5. The quantitative estimate of drug-likeness (QED) is 0.634. The number of nitrogens with two attached hydrogens (primary N) is 2. The van der Waals surface area contributed by atoms with Crippen LogP contribution in [0.1, 0.15) is 85.5 Å². The third-order valence-electron chi connectivity index (χ3n) is 5.37. The van der Waals surface area contributed by atoms with Crippen molar-refractivity contribution in [3.05, 3.63) is 0 Å². The van der Waals surface area contributed by atoms with Crippen molar-refractivity contribution in [2.45, 2.75) is 110 Å². The van der Waals surface area contributed by atoms with E-state index in [2.05, 4.69) is 27.7 Å². The van der Waals surface area contributed by atoms with Crippen LogP contribution in [0.2, 0.25) is 0 Å². The Labute approximate surface area is 138 Å². The molecular formula is C19H40N2O. The molecule has 3 heteroatoms. The molecule has 22 heavy (non-hydrogen) atoms. The summed E-state index contributed by atoms with van der Waals surface area (Å²) in [6.07, 6.45) is 11.3. The lowest BCUT2D eigenvalue weighted by Gasteiger charge is -2.36. The zero-order valence-corrected chi connectivity index (χ0v) is 15.4. The van der Waals surface area contributed by atoms with Crippen LogP contribution in [0.5, 0.6) is 0 Å². The Bertz CT molecular complexity index is 283. The summed E-state index contributed by atoms with van der Waals surface area (Å²) >= 11 is 0. The number of rotatable bonds is 10. The summed E-state index contributed by atoms with van der Waals surface area (Å²) in [6.45, 7) is 9.15. The normalized spacial score (nSPS) is 28.8. The Morgan fingerprint density at radius 3 is 2.32 bits per heavy atom. The molecule has 1 fully saturated rings. The minimum absolute atomic E-state index is 0.118. The van der Waals surface area contributed by atoms with Crippen LogP contribution in [0, 0.1) is 11.8 Å². The van der Waals surface area contributed by atoms with Crippen molar-refractivity contribution in [3.8, 4) is 0 Å². The highest BCUT2D eigenvalue weighted by Gasteiger charge is 2.30. The maximum absolute atomic E-state index is 6.43. The van der Waals surface area contributed by atoms with E-state index in [0.717, 1.165) is 25.2 Å². The molecule has 0 aromatic carbocycles. The fourth-order valence-electron chi connectivity index (χ4n) is 3.61. The van der Waals surface area contributed by atoms with Crippen molar-refractivity contribution in [3.63, 3.8) is 0 Å². The van der Waals surface area contributed by atoms with E-state index in [1.54, 1.807) is 0 Å². The third-order valence-corrected chi connectivity index (χ3v) is 5.37. The molecular weight excluding hydrogens is 272 g/mol. The molecule has 1 aliphatic carbocycles. The van der Waals surface area contributed by atoms with Crippen molar-refractivity contribution in [2.24, 2.45) is 23.3 Å². The topological polar surface area (TPSA) is 61.3 Å². The summed E-state index contributed by atoms with van der Waals surface area (Å²) in [4.78, 5) is 0. The molecule has 3 nitrogen and oxygen atoms in total. The third kappa shape index (κ3) is 6.97. The Hall–Kier alpha value is -0.120. The fourth-order valence-corrected chi connectivity index (χ4v) is 3.61. The van der Waals surface area contributed by atoms with Gasteiger partial charge < -0.3 is 16.2 Å². The van der Waals surface area contributed by atoms with Crippen LogP contribution in [-0.4, -0.2) is 24.3 Å². The number of unbranched alkanes of at least 4 members (excludes halogenated alkanes) is 1. The van der Waals surface area contributed by atoms with E-state index in [1.807, 2.05) is 0 Å². The largest absolute Gasteiger partial charge is 0.373 e. The van der Waals surface area contributed by atoms with Gasteiger partial charge in [0, 0.05) is 12.1 Å². The van der Waals surface area contributed by atoms with Gasteiger partial charge in [-0.25, -0.2) is 0 Å². The second-order valence-corrected chi connectivity index (χ2v) is 7.69. The predicted octanol–water partition coefficient (Wildman–Crippen LogP) is 4.23. The standard InChI is InChI=1S/C19H40N2O/c1-5-7-8-15(6-2)9-11-18(14(3)4)22-19-12-10-16(20)13-17(19)21/h14-19H,5-13,20-21H2,1-4H3. The lowest BCUT2D eigenvalue weighted by Crippen LogP contribution is -2.48. The monoisotopic (exact) mass is 312 g/mol. The summed E-state index contributed by atoms with van der Waals surface area (Å²) in [7, 11) is 0. The van der Waals surface area contributed by atoms with Gasteiger partial charge in [0.2, 0.25) is 0 Å². The molecule has 0 bridgehead atoms. The lowest BCUT2D eigenvalue weighted by molar-refractivity contribution is -0.0668. The first-order valence-corrected chi connectivity index (χ1v) is 9.64. The molecule has 0 aromatic rings. The van der Waals surface area contributed by atoms with Gasteiger partial charge in [-0.15, -0.1) is 0 Å². The minimum atomic E-state index is 0.118. The Morgan fingerprint density at radius 2 is 1.77 bits per heavy atom. The van der Waals surface area contributed by atoms with Crippen molar-refractivity contribution in [1.29, 1.82) is 0 Å². The van der Waals surface area contributed by atoms with E-state index in [1.165, 1.54) is 38.5 Å². The second-order valence-electron chi connectivity index (χ2n) is 7.69. The van der Waals surface area contributed by atoms with Gasteiger partial charge in [-0.05, 0) is 43.9 Å². The van der Waals surface area contributed by atoms with Crippen LogP contribution >= 0.6 is 0 Å². The number of hydrogen-bond acceptors (Lipinski definition) is 3. The van der Waals surface area contributed by atoms with Crippen molar-refractivity contribution >= 4 is 0 Å². The molecule has 0 aromatic heterocycles. The fraction of sp³-hybridized carbons (Fsp3) is 1.00. The molecule has 132 valence electrons. The second kappa shape index (κ2) is 10.6. The molecule has 4 N–H and O–H groups in total. The molecule has 0 aliphatic heterocycles. The molecule has 1 saturated carbocycles. The van der Waals surface area contributed by atoms with Gasteiger partial charge in [0.1, 0.15) is 0 Å². The van der Waals surface area contributed by atoms with Crippen LogP contribution in [-0.2, 0) is 4.74 Å². The highest BCUT2D eigenvalue weighted by molar-refractivity contribution is 4.86. The van der Waals surface area contributed by atoms with Crippen LogP contribution in [0.15, 0.2) is 0 Å². The summed E-state index contributed by atoms with van der Waals surface area (Å²) < 4.78 is 6.43. The van der Waals surface area contributed by atoms with Gasteiger partial charge in [0.15, 0.2) is 0 Å². The van der Waals surface area contributed by atoms with E-state index >= 15 is 0 Å². The average Bonchev–Trinajstić information content (AvgIpc) is 2.48. The van der Waals surface area contributed by atoms with Gasteiger partial charge in [0.05, 0.1) is 12.2 Å². The van der Waals surface area contributed by atoms with Crippen LogP contribution < -0.4 is 11.5 Å². The molecule has 0 saturated heterocycles. The van der Waals surface area contributed by atoms with E-state index in [9.17, 15) is 0 Å². The van der Waals surface area contributed by atoms with Gasteiger partial charge in [-0.1, -0.05) is 53.4 Å². The van der Waals surface area contributed by atoms with E-state index in [-0.39, 0.29) is 18.2 Å². The Balaban J connectivity index is 2.44. The van der Waals surface area contributed by atoms with E-state index in [4.69, 9.17) is 16.2 Å². The zero-order valence-electron chi connectivity index (χ0n) is 15.4. The molecule has 0 amide bonds. The summed E-state index contributed by atoms with van der Waals surface area (Å²) in [6, 6.07) is 0.387. The van der Waals surface area contributed by atoms with E-state index in [0.29, 0.717) is 12.0 Å². The molecule has 5 atom stereocenters. The van der Waals surface area contributed by atoms with Gasteiger partial charge in [0.25, 0.3) is 0 Å². The first kappa shape index (κ1) is 19.9. The molecule has 0 heterocycles. The van der Waals surface area contributed by atoms with Gasteiger partial charge >= 0.3 is 0 Å². The first-order chi connectivity index (χ1) is 10.5. The average molecular weight is 313 g/mol. The van der Waals surface area contributed by atoms with Gasteiger partial charge in [-0.3, -0.25) is 0 Å². The maximum atomic E-state index is 6.43. The van der Waals surface area contributed by atoms with Crippen LogP contribution in [0.4, 0.5) is 0 Å². The molecule has 1 aliphatic rings. The minimum Gasteiger partial charge on any atom is -0.373 e.